The Morgan fingerprint density at radius 1 is 1.21 bits per heavy atom. The SMILES string of the molecule is CC(N)c1cncc(C(F)F)c1.Cl.Cl. The first-order valence-electron chi connectivity index (χ1n) is 3.60. The molecular weight excluding hydrogens is 233 g/mol. The Labute approximate surface area is 93.7 Å². The minimum atomic E-state index is -2.48. The molecule has 0 spiro atoms. The van der Waals surface area contributed by atoms with Crippen molar-refractivity contribution >= 4 is 24.8 Å². The summed E-state index contributed by atoms with van der Waals surface area (Å²) in [5.74, 6) is 0. The highest BCUT2D eigenvalue weighted by molar-refractivity contribution is 5.85. The summed E-state index contributed by atoms with van der Waals surface area (Å²) in [6, 6.07) is 1.12. The minimum absolute atomic E-state index is 0. The van der Waals surface area contributed by atoms with Gasteiger partial charge in [-0.3, -0.25) is 4.98 Å². The third kappa shape index (κ3) is 4.17. The molecule has 0 fully saturated rings. The van der Waals surface area contributed by atoms with Crippen molar-refractivity contribution in [2.45, 2.75) is 19.4 Å². The van der Waals surface area contributed by atoms with Gasteiger partial charge in [0, 0.05) is 24.0 Å². The van der Waals surface area contributed by atoms with E-state index < -0.39 is 6.43 Å². The average Bonchev–Trinajstić information content (AvgIpc) is 2.04. The van der Waals surface area contributed by atoms with Crippen molar-refractivity contribution < 1.29 is 8.78 Å². The van der Waals surface area contributed by atoms with Crippen molar-refractivity contribution in [2.24, 2.45) is 5.73 Å². The summed E-state index contributed by atoms with van der Waals surface area (Å²) in [5, 5.41) is 0. The van der Waals surface area contributed by atoms with Crippen LogP contribution >= 0.6 is 24.8 Å². The quantitative estimate of drug-likeness (QED) is 0.869. The predicted octanol–water partition coefficient (Wildman–Crippen LogP) is 2.88. The molecule has 1 aromatic rings. The highest BCUT2D eigenvalue weighted by Gasteiger charge is 2.08. The van der Waals surface area contributed by atoms with Crippen LogP contribution in [0.1, 0.15) is 30.5 Å². The van der Waals surface area contributed by atoms with Gasteiger partial charge in [0.05, 0.1) is 0 Å². The van der Waals surface area contributed by atoms with E-state index in [1.807, 2.05) is 0 Å². The van der Waals surface area contributed by atoms with Gasteiger partial charge in [-0.15, -0.1) is 24.8 Å². The molecule has 0 aliphatic heterocycles. The molecule has 0 aromatic carbocycles. The zero-order valence-corrected chi connectivity index (χ0v) is 9.12. The van der Waals surface area contributed by atoms with Gasteiger partial charge in [0.15, 0.2) is 0 Å². The lowest BCUT2D eigenvalue weighted by atomic mass is 10.1. The van der Waals surface area contributed by atoms with Crippen molar-refractivity contribution in [1.82, 2.24) is 4.98 Å². The molecule has 1 aromatic heterocycles. The van der Waals surface area contributed by atoms with Crippen LogP contribution in [0.5, 0.6) is 0 Å². The molecule has 0 aliphatic rings. The Hall–Kier alpha value is -0.450. The number of hydrogen-bond acceptors (Lipinski definition) is 2. The van der Waals surface area contributed by atoms with Gasteiger partial charge in [-0.05, 0) is 18.6 Å². The largest absolute Gasteiger partial charge is 0.324 e. The number of nitrogens with zero attached hydrogens (tertiary/aromatic N) is 1. The van der Waals surface area contributed by atoms with Crippen molar-refractivity contribution in [3.05, 3.63) is 29.6 Å². The average molecular weight is 245 g/mol. The number of alkyl halides is 2. The maximum Gasteiger partial charge on any atom is 0.265 e. The lowest BCUT2D eigenvalue weighted by Gasteiger charge is -2.06. The Kier molecular flexibility index (Phi) is 7.91. The zero-order valence-electron chi connectivity index (χ0n) is 7.48. The highest BCUT2D eigenvalue weighted by atomic mass is 35.5. The second kappa shape index (κ2) is 6.92. The van der Waals surface area contributed by atoms with Crippen LogP contribution in [-0.4, -0.2) is 4.98 Å². The van der Waals surface area contributed by atoms with E-state index in [1.165, 1.54) is 12.3 Å². The minimum Gasteiger partial charge on any atom is -0.324 e. The van der Waals surface area contributed by atoms with E-state index >= 15 is 0 Å². The summed E-state index contributed by atoms with van der Waals surface area (Å²) in [4.78, 5) is 3.67. The highest BCUT2D eigenvalue weighted by Crippen LogP contribution is 2.20. The first-order chi connectivity index (χ1) is 5.61. The van der Waals surface area contributed by atoms with Gasteiger partial charge in [0.25, 0.3) is 6.43 Å². The Bertz CT molecular complexity index is 246. The molecule has 2 N–H and O–H groups in total. The molecule has 1 atom stereocenters. The van der Waals surface area contributed by atoms with Crippen LogP contribution in [0.25, 0.3) is 0 Å². The molecule has 0 aliphatic carbocycles. The van der Waals surface area contributed by atoms with Crippen LogP contribution in [0.4, 0.5) is 8.78 Å². The van der Waals surface area contributed by atoms with Gasteiger partial charge < -0.3 is 5.73 Å². The molecule has 14 heavy (non-hydrogen) atoms. The summed E-state index contributed by atoms with van der Waals surface area (Å²) in [5.41, 5.74) is 6.05. The van der Waals surface area contributed by atoms with Gasteiger partial charge in [0.2, 0.25) is 0 Å². The zero-order chi connectivity index (χ0) is 9.14. The molecule has 0 saturated heterocycles. The van der Waals surface area contributed by atoms with Gasteiger partial charge in [-0.2, -0.15) is 0 Å². The fourth-order valence-corrected chi connectivity index (χ4v) is 0.845. The molecule has 1 unspecified atom stereocenters. The van der Waals surface area contributed by atoms with Crippen LogP contribution in [0.15, 0.2) is 18.5 Å². The Morgan fingerprint density at radius 3 is 2.14 bits per heavy atom. The molecule has 6 heteroatoms. The third-order valence-electron chi connectivity index (χ3n) is 1.56. The molecule has 0 radical (unpaired) electrons. The van der Waals surface area contributed by atoms with Crippen LogP contribution in [-0.2, 0) is 0 Å². The second-order valence-corrected chi connectivity index (χ2v) is 2.64. The number of aromatic nitrogens is 1. The molecule has 0 amide bonds. The predicted molar refractivity (Wildman–Crippen MR) is 56.3 cm³/mol. The normalized spacial score (nSPS) is 11.5. The number of halogens is 4. The van der Waals surface area contributed by atoms with Crippen molar-refractivity contribution in [3.63, 3.8) is 0 Å². The molecule has 0 saturated carbocycles. The molecule has 1 heterocycles. The van der Waals surface area contributed by atoms with E-state index in [0.717, 1.165) is 6.20 Å². The van der Waals surface area contributed by atoms with Gasteiger partial charge in [0.1, 0.15) is 0 Å². The number of hydrogen-bond donors (Lipinski definition) is 1. The summed E-state index contributed by atoms with van der Waals surface area (Å²) in [6.45, 7) is 1.73. The standard InChI is InChI=1S/C8H10F2N2.2ClH/c1-5(11)6-2-7(8(9)10)4-12-3-6;;/h2-5,8H,11H2,1H3;2*1H. The second-order valence-electron chi connectivity index (χ2n) is 2.64. The fourth-order valence-electron chi connectivity index (χ4n) is 0.845. The molecule has 2 nitrogen and oxygen atoms in total. The van der Waals surface area contributed by atoms with E-state index in [0.29, 0.717) is 5.56 Å². The molecule has 0 bridgehead atoms. The van der Waals surface area contributed by atoms with Gasteiger partial charge in [-0.25, -0.2) is 8.78 Å². The van der Waals surface area contributed by atoms with Crippen LogP contribution < -0.4 is 5.73 Å². The van der Waals surface area contributed by atoms with Gasteiger partial charge >= 0.3 is 0 Å². The summed E-state index contributed by atoms with van der Waals surface area (Å²) >= 11 is 0. The molecular formula is C8H12Cl2F2N2. The van der Waals surface area contributed by atoms with E-state index in [9.17, 15) is 8.78 Å². The van der Waals surface area contributed by atoms with E-state index in [1.54, 1.807) is 6.92 Å². The first-order valence-corrected chi connectivity index (χ1v) is 3.60. The van der Waals surface area contributed by atoms with Crippen LogP contribution in [0.3, 0.4) is 0 Å². The summed E-state index contributed by atoms with van der Waals surface area (Å²) in [7, 11) is 0. The lowest BCUT2D eigenvalue weighted by molar-refractivity contribution is 0.151. The number of rotatable bonds is 2. The van der Waals surface area contributed by atoms with E-state index in [2.05, 4.69) is 4.98 Å². The van der Waals surface area contributed by atoms with E-state index in [4.69, 9.17) is 5.73 Å². The fraction of sp³-hybridized carbons (Fsp3) is 0.375. The van der Waals surface area contributed by atoms with Crippen LogP contribution in [0, 0.1) is 0 Å². The smallest absolute Gasteiger partial charge is 0.265 e. The number of pyridine rings is 1. The summed E-state index contributed by atoms with van der Waals surface area (Å²) in [6.07, 6.45) is 0.170. The Balaban J connectivity index is 0. The maximum absolute atomic E-state index is 12.1. The first kappa shape index (κ1) is 16.0. The van der Waals surface area contributed by atoms with Gasteiger partial charge in [-0.1, -0.05) is 0 Å². The molecule has 82 valence electrons. The monoisotopic (exact) mass is 244 g/mol. The van der Waals surface area contributed by atoms with Crippen molar-refractivity contribution in [3.8, 4) is 0 Å². The topological polar surface area (TPSA) is 38.9 Å². The van der Waals surface area contributed by atoms with Crippen molar-refractivity contribution in [2.75, 3.05) is 0 Å². The molecule has 1 rings (SSSR count). The van der Waals surface area contributed by atoms with E-state index in [-0.39, 0.29) is 36.4 Å². The third-order valence-corrected chi connectivity index (χ3v) is 1.56. The Morgan fingerprint density at radius 2 is 1.71 bits per heavy atom. The summed E-state index contributed by atoms with van der Waals surface area (Å²) < 4.78 is 24.3. The van der Waals surface area contributed by atoms with Crippen molar-refractivity contribution in [1.29, 1.82) is 0 Å². The van der Waals surface area contributed by atoms with Crippen LogP contribution in [0.2, 0.25) is 0 Å². The number of nitrogens with two attached hydrogens (primary N) is 1. The maximum atomic E-state index is 12.1. The lowest BCUT2D eigenvalue weighted by Crippen LogP contribution is -2.05.